The summed E-state index contributed by atoms with van der Waals surface area (Å²) in [5.74, 6) is -0.905. The van der Waals surface area contributed by atoms with E-state index in [1.165, 1.54) is 180 Å². The van der Waals surface area contributed by atoms with Gasteiger partial charge in [0, 0.05) is 19.3 Å². The number of esters is 3. The summed E-state index contributed by atoms with van der Waals surface area (Å²) >= 11 is 0. The lowest BCUT2D eigenvalue weighted by molar-refractivity contribution is -0.167. The molecular weight excluding hydrogens is 1020 g/mol. The molecule has 0 rings (SSSR count). The molecule has 0 amide bonds. The second-order valence-corrected chi connectivity index (χ2v) is 23.4. The zero-order valence-electron chi connectivity index (χ0n) is 54.7. The number of carbonyl (C=O) groups is 3. The van der Waals surface area contributed by atoms with Gasteiger partial charge in [0.25, 0.3) is 0 Å². The molecule has 0 saturated heterocycles. The van der Waals surface area contributed by atoms with Gasteiger partial charge in [-0.25, -0.2) is 0 Å². The molecule has 0 fully saturated rings. The van der Waals surface area contributed by atoms with Crippen LogP contribution in [0.1, 0.15) is 342 Å². The normalized spacial score (nSPS) is 12.8. The average molecular weight is 1150 g/mol. The fourth-order valence-electron chi connectivity index (χ4n) is 10.0. The second-order valence-electron chi connectivity index (χ2n) is 23.4. The third-order valence-corrected chi connectivity index (χ3v) is 15.3. The van der Waals surface area contributed by atoms with Gasteiger partial charge in [-0.1, -0.05) is 342 Å². The van der Waals surface area contributed by atoms with E-state index in [-0.39, 0.29) is 31.1 Å². The van der Waals surface area contributed by atoms with Gasteiger partial charge in [-0.2, -0.15) is 0 Å². The van der Waals surface area contributed by atoms with E-state index in [0.29, 0.717) is 19.3 Å². The van der Waals surface area contributed by atoms with Crippen LogP contribution >= 0.6 is 0 Å². The van der Waals surface area contributed by atoms with Crippen molar-refractivity contribution in [3.63, 3.8) is 0 Å². The number of hydrogen-bond donors (Lipinski definition) is 0. The minimum atomic E-state index is -0.791. The van der Waals surface area contributed by atoms with Crippen LogP contribution in [0.4, 0.5) is 0 Å². The highest BCUT2D eigenvalue weighted by atomic mass is 16.6. The molecule has 1 unspecified atom stereocenters. The van der Waals surface area contributed by atoms with Crippen molar-refractivity contribution in [3.05, 3.63) is 109 Å². The topological polar surface area (TPSA) is 78.9 Å². The van der Waals surface area contributed by atoms with E-state index < -0.39 is 6.10 Å². The van der Waals surface area contributed by atoms with Crippen molar-refractivity contribution in [2.24, 2.45) is 0 Å². The van der Waals surface area contributed by atoms with Crippen molar-refractivity contribution in [3.8, 4) is 0 Å². The van der Waals surface area contributed by atoms with Crippen molar-refractivity contribution in [1.82, 2.24) is 0 Å². The predicted octanol–water partition coefficient (Wildman–Crippen LogP) is 24.6. The van der Waals surface area contributed by atoms with Crippen molar-refractivity contribution in [1.29, 1.82) is 0 Å². The Morgan fingerprint density at radius 1 is 0.253 bits per heavy atom. The van der Waals surface area contributed by atoms with E-state index >= 15 is 0 Å². The molecule has 0 aliphatic carbocycles. The molecule has 0 aliphatic rings. The molecule has 476 valence electrons. The molecule has 0 aromatic rings. The molecule has 1 atom stereocenters. The first kappa shape index (κ1) is 79.1. The van der Waals surface area contributed by atoms with Crippen molar-refractivity contribution < 1.29 is 28.6 Å². The lowest BCUT2D eigenvalue weighted by atomic mass is 10.0. The summed E-state index contributed by atoms with van der Waals surface area (Å²) in [5.41, 5.74) is 0. The molecule has 83 heavy (non-hydrogen) atoms. The predicted molar refractivity (Wildman–Crippen MR) is 362 cm³/mol. The van der Waals surface area contributed by atoms with Gasteiger partial charge in [0.05, 0.1) is 0 Å². The summed E-state index contributed by atoms with van der Waals surface area (Å²) in [6.07, 6.45) is 96.9. The Balaban J connectivity index is 4.31. The molecule has 0 N–H and O–H groups in total. The fourth-order valence-corrected chi connectivity index (χ4v) is 10.0. The summed E-state index contributed by atoms with van der Waals surface area (Å²) in [6.45, 7) is 6.53. The van der Waals surface area contributed by atoms with E-state index in [4.69, 9.17) is 14.2 Å². The molecule has 0 aromatic carbocycles. The van der Waals surface area contributed by atoms with Crippen molar-refractivity contribution in [2.75, 3.05) is 13.2 Å². The number of hydrogen-bond acceptors (Lipinski definition) is 6. The summed E-state index contributed by atoms with van der Waals surface area (Å²) in [4.78, 5) is 38.4. The Labute approximate surface area is 514 Å². The van der Waals surface area contributed by atoms with Gasteiger partial charge in [0.15, 0.2) is 6.10 Å². The van der Waals surface area contributed by atoms with E-state index in [9.17, 15) is 14.4 Å². The fraction of sp³-hybridized carbons (Fsp3) is 0.727. The summed E-state index contributed by atoms with van der Waals surface area (Å²) < 4.78 is 16.9. The van der Waals surface area contributed by atoms with Gasteiger partial charge < -0.3 is 14.2 Å². The van der Waals surface area contributed by atoms with Crippen molar-refractivity contribution >= 4 is 17.9 Å². The lowest BCUT2D eigenvalue weighted by Crippen LogP contribution is -2.30. The minimum Gasteiger partial charge on any atom is -0.462 e. The Hall–Kier alpha value is -3.93. The summed E-state index contributed by atoms with van der Waals surface area (Å²) in [6, 6.07) is 0. The van der Waals surface area contributed by atoms with Crippen LogP contribution in [0.5, 0.6) is 0 Å². The molecule has 0 aliphatic heterocycles. The van der Waals surface area contributed by atoms with E-state index in [1.807, 2.05) is 0 Å². The van der Waals surface area contributed by atoms with Crippen LogP contribution < -0.4 is 0 Å². The number of carbonyl (C=O) groups excluding carboxylic acids is 3. The maximum atomic E-state index is 12.9. The van der Waals surface area contributed by atoms with Gasteiger partial charge >= 0.3 is 17.9 Å². The monoisotopic (exact) mass is 1150 g/mol. The molecule has 0 bridgehead atoms. The van der Waals surface area contributed by atoms with Gasteiger partial charge in [0.1, 0.15) is 13.2 Å². The van der Waals surface area contributed by atoms with Crippen LogP contribution in [-0.2, 0) is 28.6 Å². The maximum absolute atomic E-state index is 12.9. The molecule has 0 saturated carbocycles. The Kier molecular flexibility index (Phi) is 67.2. The first-order valence-corrected chi connectivity index (χ1v) is 35.4. The highest BCUT2D eigenvalue weighted by molar-refractivity contribution is 5.71. The SMILES string of the molecule is CC/C=C\C/C=C\C/C=C\C/C=C\C/C=C\C/C=C\C/C=C\C/C=C\C/C=C\CCCCCC(=O)OCC(COC(=O)CCCCCCCCCCCCC)OC(=O)CCCCCCCCCCCCCCCCCCCCCCCCC. The zero-order valence-corrected chi connectivity index (χ0v) is 54.7. The van der Waals surface area contributed by atoms with Gasteiger partial charge in [-0.3, -0.25) is 14.4 Å². The van der Waals surface area contributed by atoms with Gasteiger partial charge in [0.2, 0.25) is 0 Å². The molecule has 0 heterocycles. The Morgan fingerprint density at radius 2 is 0.470 bits per heavy atom. The van der Waals surface area contributed by atoms with Crippen molar-refractivity contribution in [2.45, 2.75) is 348 Å². The molecule has 0 aromatic heterocycles. The highest BCUT2D eigenvalue weighted by Gasteiger charge is 2.19. The molecular formula is C77H132O6. The van der Waals surface area contributed by atoms with Gasteiger partial charge in [-0.05, 0) is 89.9 Å². The third-order valence-electron chi connectivity index (χ3n) is 15.3. The molecule has 6 nitrogen and oxygen atoms in total. The first-order valence-electron chi connectivity index (χ1n) is 35.4. The summed E-state index contributed by atoms with van der Waals surface area (Å²) in [5, 5.41) is 0. The Morgan fingerprint density at radius 3 is 0.735 bits per heavy atom. The van der Waals surface area contributed by atoms with Crippen LogP contribution in [0.2, 0.25) is 0 Å². The number of allylic oxidation sites excluding steroid dienone is 18. The van der Waals surface area contributed by atoms with Crippen LogP contribution in [0.25, 0.3) is 0 Å². The van der Waals surface area contributed by atoms with Crippen LogP contribution in [0.3, 0.4) is 0 Å². The highest BCUT2D eigenvalue weighted by Crippen LogP contribution is 2.18. The number of unbranched alkanes of at least 4 members (excludes halogenated alkanes) is 35. The molecule has 6 heteroatoms. The minimum absolute atomic E-state index is 0.0847. The molecule has 0 radical (unpaired) electrons. The van der Waals surface area contributed by atoms with Crippen LogP contribution in [0.15, 0.2) is 109 Å². The quantitative estimate of drug-likeness (QED) is 0.0261. The second kappa shape index (κ2) is 70.6. The molecule has 0 spiro atoms. The van der Waals surface area contributed by atoms with E-state index in [0.717, 1.165) is 122 Å². The van der Waals surface area contributed by atoms with E-state index in [1.54, 1.807) is 0 Å². The largest absolute Gasteiger partial charge is 0.462 e. The lowest BCUT2D eigenvalue weighted by Gasteiger charge is -2.18. The number of rotatable bonds is 64. The average Bonchev–Trinajstić information content (AvgIpc) is 3.48. The third kappa shape index (κ3) is 68.7. The number of ether oxygens (including phenoxy) is 3. The van der Waals surface area contributed by atoms with Crippen LogP contribution in [-0.4, -0.2) is 37.2 Å². The Bertz CT molecular complexity index is 1660. The maximum Gasteiger partial charge on any atom is 0.306 e. The van der Waals surface area contributed by atoms with E-state index in [2.05, 4.69) is 130 Å². The smallest absolute Gasteiger partial charge is 0.306 e. The van der Waals surface area contributed by atoms with Crippen LogP contribution in [0, 0.1) is 0 Å². The first-order chi connectivity index (χ1) is 41.0. The zero-order chi connectivity index (χ0) is 59.9. The standard InChI is InChI=1S/C77H132O6/c1-4-7-10-13-16-19-22-24-26-28-30-32-34-35-36-37-38-39-40-41-43-44-46-48-50-52-55-58-61-64-67-70-76(79)82-73-74(72-81-75(78)69-66-63-60-57-54-21-18-15-12-9-6-3)83-77(80)71-68-65-62-59-56-53-51-49-47-45-42-33-31-29-27-25-23-20-17-14-11-8-5-2/h7,10,16,19,24,26,30,32,35-36,38-39,41,43,46,48,52,55,74H,4-6,8-9,11-15,17-18,20-23,25,27-29,31,33-34,37,40,42,44-45,47,49-51,53-54,56-73H2,1-3H3/b10-7-,19-16-,26-24-,32-30-,36-35-,39-38-,43-41-,48-46-,55-52-. The summed E-state index contributed by atoms with van der Waals surface area (Å²) in [7, 11) is 0. The van der Waals surface area contributed by atoms with Gasteiger partial charge in [-0.15, -0.1) is 0 Å².